The minimum absolute atomic E-state index is 0.0457. The first kappa shape index (κ1) is 7.06. The highest BCUT2D eigenvalue weighted by atomic mass is 16.1. The Morgan fingerprint density at radius 2 is 2.40 bits per heavy atom. The first-order valence-corrected chi connectivity index (χ1v) is 3.51. The van der Waals surface area contributed by atoms with Crippen LogP contribution in [0.2, 0.25) is 0 Å². The molecule has 0 aromatic carbocycles. The summed E-state index contributed by atoms with van der Waals surface area (Å²) in [4.78, 5) is 13.6. The lowest BCUT2D eigenvalue weighted by atomic mass is 10.2. The van der Waals surface area contributed by atoms with Gasteiger partial charge >= 0.3 is 0 Å². The van der Waals surface area contributed by atoms with Gasteiger partial charge in [-0.15, -0.1) is 0 Å². The summed E-state index contributed by atoms with van der Waals surface area (Å²) in [6.45, 7) is 2.06. The molecule has 10 heavy (non-hydrogen) atoms. The molecule has 1 aromatic heterocycles. The third-order valence-electron chi connectivity index (χ3n) is 1.42. The van der Waals surface area contributed by atoms with Gasteiger partial charge in [0.25, 0.3) is 5.56 Å². The number of H-pyrrole nitrogens is 1. The van der Waals surface area contributed by atoms with Gasteiger partial charge in [0.2, 0.25) is 0 Å². The zero-order chi connectivity index (χ0) is 7.40. The van der Waals surface area contributed by atoms with E-state index in [0.717, 1.165) is 18.4 Å². The highest BCUT2D eigenvalue weighted by Gasteiger charge is 1.93. The molecule has 0 spiro atoms. The lowest BCUT2D eigenvalue weighted by Crippen LogP contribution is -2.10. The second-order valence-electron chi connectivity index (χ2n) is 2.27. The molecular formula is C8H11NO. The molecule has 0 aliphatic heterocycles. The van der Waals surface area contributed by atoms with E-state index in [0.29, 0.717) is 0 Å². The fourth-order valence-electron chi connectivity index (χ4n) is 0.923. The highest BCUT2D eigenvalue weighted by Crippen LogP contribution is 1.92. The van der Waals surface area contributed by atoms with Crippen LogP contribution in [0, 0.1) is 0 Å². The van der Waals surface area contributed by atoms with Crippen molar-refractivity contribution in [2.75, 3.05) is 0 Å². The van der Waals surface area contributed by atoms with Crippen molar-refractivity contribution in [1.82, 2.24) is 4.98 Å². The normalized spacial score (nSPS) is 9.70. The van der Waals surface area contributed by atoms with Crippen LogP contribution in [0.3, 0.4) is 0 Å². The van der Waals surface area contributed by atoms with Crippen LogP contribution in [0.4, 0.5) is 0 Å². The van der Waals surface area contributed by atoms with Crippen molar-refractivity contribution in [3.8, 4) is 0 Å². The highest BCUT2D eigenvalue weighted by molar-refractivity contribution is 5.08. The second kappa shape index (κ2) is 3.20. The minimum atomic E-state index is 0.0457. The fraction of sp³-hybridized carbons (Fsp3) is 0.375. The molecule has 0 amide bonds. The van der Waals surface area contributed by atoms with E-state index in [9.17, 15) is 4.79 Å². The first-order chi connectivity index (χ1) is 4.84. The van der Waals surface area contributed by atoms with Crippen LogP contribution < -0.4 is 5.56 Å². The van der Waals surface area contributed by atoms with Gasteiger partial charge in [-0.25, -0.2) is 0 Å². The number of aromatic nitrogens is 1. The summed E-state index contributed by atoms with van der Waals surface area (Å²) in [6.07, 6.45) is 3.55. The van der Waals surface area contributed by atoms with Crippen LogP contribution in [0.5, 0.6) is 0 Å². The van der Waals surface area contributed by atoms with Gasteiger partial charge < -0.3 is 4.98 Å². The van der Waals surface area contributed by atoms with E-state index >= 15 is 0 Å². The maximum atomic E-state index is 11.0. The van der Waals surface area contributed by atoms with Gasteiger partial charge in [0.05, 0.1) is 0 Å². The molecule has 0 bridgehead atoms. The Labute approximate surface area is 59.9 Å². The van der Waals surface area contributed by atoms with E-state index in [4.69, 9.17) is 0 Å². The maximum Gasteiger partial charge on any atom is 0.251 e. The van der Waals surface area contributed by atoms with Gasteiger partial charge in [-0.1, -0.05) is 19.4 Å². The standard InChI is InChI=1S/C8H11NO/c1-2-4-7-5-3-6-9-8(7)10/h3,5-6H,2,4H2,1H3,(H,9,10). The van der Waals surface area contributed by atoms with Crippen LogP contribution in [-0.4, -0.2) is 4.98 Å². The molecule has 0 aliphatic rings. The number of rotatable bonds is 2. The molecule has 2 heteroatoms. The molecule has 0 unspecified atom stereocenters. The van der Waals surface area contributed by atoms with Crippen LogP contribution >= 0.6 is 0 Å². The molecule has 54 valence electrons. The number of nitrogens with one attached hydrogen (secondary N) is 1. The summed E-state index contributed by atoms with van der Waals surface area (Å²) in [6, 6.07) is 3.72. The van der Waals surface area contributed by atoms with Gasteiger partial charge in [0.1, 0.15) is 0 Å². The number of hydrogen-bond donors (Lipinski definition) is 1. The molecule has 0 atom stereocenters. The molecule has 0 radical (unpaired) electrons. The van der Waals surface area contributed by atoms with E-state index in [1.807, 2.05) is 12.1 Å². The second-order valence-corrected chi connectivity index (χ2v) is 2.27. The Morgan fingerprint density at radius 1 is 1.60 bits per heavy atom. The monoisotopic (exact) mass is 137 g/mol. The summed E-state index contributed by atoms with van der Waals surface area (Å²) in [5.74, 6) is 0. The van der Waals surface area contributed by atoms with Crippen molar-refractivity contribution in [2.45, 2.75) is 19.8 Å². The zero-order valence-electron chi connectivity index (χ0n) is 6.05. The SMILES string of the molecule is CCCc1ccc[nH]c1=O. The lowest BCUT2D eigenvalue weighted by Gasteiger charge is -1.93. The van der Waals surface area contributed by atoms with Gasteiger partial charge in [-0.3, -0.25) is 4.79 Å². The molecule has 0 aliphatic carbocycles. The Bertz CT molecular complexity index is 251. The average molecular weight is 137 g/mol. The van der Waals surface area contributed by atoms with Gasteiger partial charge in [-0.05, 0) is 12.5 Å². The molecule has 2 nitrogen and oxygen atoms in total. The fourth-order valence-corrected chi connectivity index (χ4v) is 0.923. The predicted octanol–water partition coefficient (Wildman–Crippen LogP) is 1.33. The molecule has 0 fully saturated rings. The Morgan fingerprint density at radius 3 is 3.00 bits per heavy atom. The number of aromatic amines is 1. The number of hydrogen-bond acceptors (Lipinski definition) is 1. The maximum absolute atomic E-state index is 11.0. The molecular weight excluding hydrogens is 126 g/mol. The van der Waals surface area contributed by atoms with Crippen molar-refractivity contribution in [3.05, 3.63) is 34.2 Å². The number of aryl methyl sites for hydroxylation is 1. The van der Waals surface area contributed by atoms with Gasteiger partial charge in [-0.2, -0.15) is 0 Å². The molecule has 1 aromatic rings. The summed E-state index contributed by atoms with van der Waals surface area (Å²) in [5.41, 5.74) is 0.925. The summed E-state index contributed by atoms with van der Waals surface area (Å²) in [5, 5.41) is 0. The quantitative estimate of drug-likeness (QED) is 0.655. The van der Waals surface area contributed by atoms with Crippen LogP contribution in [0.25, 0.3) is 0 Å². The molecule has 0 saturated carbocycles. The summed E-state index contributed by atoms with van der Waals surface area (Å²) >= 11 is 0. The first-order valence-electron chi connectivity index (χ1n) is 3.51. The van der Waals surface area contributed by atoms with Crippen molar-refractivity contribution in [3.63, 3.8) is 0 Å². The predicted molar refractivity (Wildman–Crippen MR) is 41.1 cm³/mol. The van der Waals surface area contributed by atoms with E-state index in [1.54, 1.807) is 6.20 Å². The van der Waals surface area contributed by atoms with E-state index in [1.165, 1.54) is 0 Å². The van der Waals surface area contributed by atoms with E-state index < -0.39 is 0 Å². The Kier molecular flexibility index (Phi) is 2.26. The smallest absolute Gasteiger partial charge is 0.251 e. The minimum Gasteiger partial charge on any atom is -0.329 e. The lowest BCUT2D eigenvalue weighted by molar-refractivity contribution is 0.900. The van der Waals surface area contributed by atoms with Gasteiger partial charge in [0.15, 0.2) is 0 Å². The van der Waals surface area contributed by atoms with Crippen molar-refractivity contribution >= 4 is 0 Å². The van der Waals surface area contributed by atoms with Crippen LogP contribution in [0.1, 0.15) is 18.9 Å². The molecule has 1 N–H and O–H groups in total. The van der Waals surface area contributed by atoms with Crippen molar-refractivity contribution in [2.24, 2.45) is 0 Å². The third-order valence-corrected chi connectivity index (χ3v) is 1.42. The Hall–Kier alpha value is -1.05. The van der Waals surface area contributed by atoms with Gasteiger partial charge in [0, 0.05) is 11.8 Å². The molecule has 1 heterocycles. The van der Waals surface area contributed by atoms with Crippen LogP contribution in [0.15, 0.2) is 23.1 Å². The topological polar surface area (TPSA) is 32.9 Å². The molecule has 0 saturated heterocycles. The van der Waals surface area contributed by atoms with E-state index in [2.05, 4.69) is 11.9 Å². The molecule has 1 rings (SSSR count). The van der Waals surface area contributed by atoms with Crippen molar-refractivity contribution in [1.29, 1.82) is 0 Å². The zero-order valence-corrected chi connectivity index (χ0v) is 6.05. The average Bonchev–Trinajstić information content (AvgIpc) is 1.94. The Balaban J connectivity index is 2.92. The van der Waals surface area contributed by atoms with Crippen LogP contribution in [-0.2, 0) is 6.42 Å². The summed E-state index contributed by atoms with van der Waals surface area (Å²) < 4.78 is 0. The number of pyridine rings is 1. The third kappa shape index (κ3) is 1.47. The largest absolute Gasteiger partial charge is 0.329 e. The summed E-state index contributed by atoms with van der Waals surface area (Å²) in [7, 11) is 0. The van der Waals surface area contributed by atoms with E-state index in [-0.39, 0.29) is 5.56 Å². The van der Waals surface area contributed by atoms with Crippen molar-refractivity contribution < 1.29 is 0 Å².